The van der Waals surface area contributed by atoms with Crippen LogP contribution >= 0.6 is 0 Å². The Labute approximate surface area is 146 Å². The first-order valence-electron chi connectivity index (χ1n) is 8.56. The SMILES string of the molecule is OCC1CC(CO)c2c(-c3ccccc3)nnc(-c3ccccc3)c21. The van der Waals surface area contributed by atoms with Crippen LogP contribution in [0.25, 0.3) is 22.5 Å². The second-order valence-electron chi connectivity index (χ2n) is 6.45. The third-order valence-corrected chi connectivity index (χ3v) is 4.97. The minimum Gasteiger partial charge on any atom is -0.396 e. The molecule has 0 bridgehead atoms. The molecule has 2 aromatic carbocycles. The molecule has 2 atom stereocenters. The van der Waals surface area contributed by atoms with E-state index in [4.69, 9.17) is 0 Å². The summed E-state index contributed by atoms with van der Waals surface area (Å²) in [7, 11) is 0. The fourth-order valence-corrected chi connectivity index (χ4v) is 3.82. The van der Waals surface area contributed by atoms with Crippen LogP contribution < -0.4 is 0 Å². The minimum absolute atomic E-state index is 0.0275. The summed E-state index contributed by atoms with van der Waals surface area (Å²) in [4.78, 5) is 0. The van der Waals surface area contributed by atoms with Crippen molar-refractivity contribution in [3.8, 4) is 22.5 Å². The van der Waals surface area contributed by atoms with Crippen LogP contribution in [0.4, 0.5) is 0 Å². The van der Waals surface area contributed by atoms with Gasteiger partial charge in [0.2, 0.25) is 0 Å². The average molecular weight is 332 g/mol. The average Bonchev–Trinajstić information content (AvgIpc) is 3.07. The molecule has 0 aliphatic heterocycles. The summed E-state index contributed by atoms with van der Waals surface area (Å²) in [6.07, 6.45) is 0.718. The quantitative estimate of drug-likeness (QED) is 0.769. The molecule has 4 nitrogen and oxygen atoms in total. The summed E-state index contributed by atoms with van der Waals surface area (Å²) in [5.74, 6) is -0.0550. The molecule has 2 N–H and O–H groups in total. The minimum atomic E-state index is -0.0275. The fraction of sp³-hybridized carbons (Fsp3) is 0.238. The molecule has 0 fully saturated rings. The van der Waals surface area contributed by atoms with Gasteiger partial charge in [-0.3, -0.25) is 0 Å². The molecule has 126 valence electrons. The van der Waals surface area contributed by atoms with Crippen molar-refractivity contribution in [2.45, 2.75) is 18.3 Å². The fourth-order valence-electron chi connectivity index (χ4n) is 3.82. The molecular formula is C21H20N2O2. The summed E-state index contributed by atoms with van der Waals surface area (Å²) in [6, 6.07) is 19.9. The lowest BCUT2D eigenvalue weighted by Gasteiger charge is -2.16. The van der Waals surface area contributed by atoms with Gasteiger partial charge in [-0.15, -0.1) is 10.2 Å². The number of aliphatic hydroxyl groups excluding tert-OH is 2. The molecule has 1 heterocycles. The lowest BCUT2D eigenvalue weighted by atomic mass is 9.93. The van der Waals surface area contributed by atoms with Gasteiger partial charge in [-0.05, 0) is 17.5 Å². The smallest absolute Gasteiger partial charge is 0.0968 e. The van der Waals surface area contributed by atoms with Gasteiger partial charge in [0.1, 0.15) is 0 Å². The zero-order chi connectivity index (χ0) is 17.2. The van der Waals surface area contributed by atoms with Crippen molar-refractivity contribution in [1.82, 2.24) is 10.2 Å². The van der Waals surface area contributed by atoms with E-state index in [2.05, 4.69) is 10.2 Å². The Morgan fingerprint density at radius 3 is 1.44 bits per heavy atom. The molecule has 1 aliphatic carbocycles. The van der Waals surface area contributed by atoms with Gasteiger partial charge >= 0.3 is 0 Å². The number of nitrogens with zero attached hydrogens (tertiary/aromatic N) is 2. The van der Waals surface area contributed by atoms with Crippen LogP contribution in [0.1, 0.15) is 29.4 Å². The molecule has 25 heavy (non-hydrogen) atoms. The van der Waals surface area contributed by atoms with Gasteiger partial charge in [-0.25, -0.2) is 0 Å². The van der Waals surface area contributed by atoms with Crippen LogP contribution in [-0.2, 0) is 0 Å². The number of rotatable bonds is 4. The first kappa shape index (κ1) is 15.9. The molecule has 4 rings (SSSR count). The highest BCUT2D eigenvalue weighted by Crippen LogP contribution is 2.48. The second kappa shape index (κ2) is 6.75. The van der Waals surface area contributed by atoms with E-state index in [1.54, 1.807) is 0 Å². The maximum Gasteiger partial charge on any atom is 0.0968 e. The van der Waals surface area contributed by atoms with E-state index in [9.17, 15) is 10.2 Å². The Hall–Kier alpha value is -2.56. The molecule has 4 heteroatoms. The highest BCUT2D eigenvalue weighted by molar-refractivity contribution is 5.74. The van der Waals surface area contributed by atoms with Crippen molar-refractivity contribution in [3.05, 3.63) is 71.8 Å². The summed E-state index contributed by atoms with van der Waals surface area (Å²) < 4.78 is 0. The van der Waals surface area contributed by atoms with Crippen LogP contribution in [0, 0.1) is 0 Å². The van der Waals surface area contributed by atoms with Crippen molar-refractivity contribution in [3.63, 3.8) is 0 Å². The Morgan fingerprint density at radius 1 is 0.680 bits per heavy atom. The first-order valence-corrected chi connectivity index (χ1v) is 8.56. The van der Waals surface area contributed by atoms with Crippen LogP contribution in [0.2, 0.25) is 0 Å². The van der Waals surface area contributed by atoms with Gasteiger partial charge in [-0.2, -0.15) is 0 Å². The number of benzene rings is 2. The molecule has 3 aromatic rings. The van der Waals surface area contributed by atoms with Crippen molar-refractivity contribution < 1.29 is 10.2 Å². The maximum atomic E-state index is 9.93. The number of hydrogen-bond donors (Lipinski definition) is 2. The Morgan fingerprint density at radius 2 is 1.08 bits per heavy atom. The van der Waals surface area contributed by atoms with Crippen molar-refractivity contribution in [2.24, 2.45) is 0 Å². The van der Waals surface area contributed by atoms with Crippen LogP contribution in [0.15, 0.2) is 60.7 Å². The number of hydrogen-bond acceptors (Lipinski definition) is 4. The van der Waals surface area contributed by atoms with E-state index in [0.717, 1.165) is 40.1 Å². The maximum absolute atomic E-state index is 9.93. The number of fused-ring (bicyclic) bond motifs is 1. The largest absolute Gasteiger partial charge is 0.396 e. The molecule has 1 aliphatic rings. The normalized spacial score (nSPS) is 19.0. The van der Waals surface area contributed by atoms with Crippen molar-refractivity contribution in [2.75, 3.05) is 13.2 Å². The summed E-state index contributed by atoms with van der Waals surface area (Å²) in [5, 5.41) is 28.9. The van der Waals surface area contributed by atoms with Gasteiger partial charge < -0.3 is 10.2 Å². The second-order valence-corrected chi connectivity index (χ2v) is 6.45. The van der Waals surface area contributed by atoms with Crippen molar-refractivity contribution >= 4 is 0 Å². The molecule has 0 saturated carbocycles. The van der Waals surface area contributed by atoms with Crippen molar-refractivity contribution in [1.29, 1.82) is 0 Å². The molecule has 0 saturated heterocycles. The Balaban J connectivity index is 1.98. The predicted molar refractivity (Wildman–Crippen MR) is 97.2 cm³/mol. The standard InChI is InChI=1S/C21H20N2O2/c24-12-16-11-17(13-25)19-18(16)20(14-7-3-1-4-8-14)22-23-21(19)15-9-5-2-6-10-15/h1-10,16-17,24-25H,11-13H2. The monoisotopic (exact) mass is 332 g/mol. The molecule has 2 unspecified atom stereocenters. The van der Waals surface area contributed by atoms with E-state index in [1.165, 1.54) is 0 Å². The third kappa shape index (κ3) is 2.73. The van der Waals surface area contributed by atoms with Crippen LogP contribution in [0.3, 0.4) is 0 Å². The highest BCUT2D eigenvalue weighted by atomic mass is 16.3. The number of aromatic nitrogens is 2. The summed E-state index contributed by atoms with van der Waals surface area (Å²) in [6.45, 7) is 0.0898. The zero-order valence-electron chi connectivity index (χ0n) is 13.8. The lowest BCUT2D eigenvalue weighted by molar-refractivity contribution is 0.234. The topological polar surface area (TPSA) is 66.2 Å². The molecule has 0 amide bonds. The van der Waals surface area contributed by atoms with E-state index < -0.39 is 0 Å². The van der Waals surface area contributed by atoms with E-state index >= 15 is 0 Å². The van der Waals surface area contributed by atoms with E-state index in [0.29, 0.717) is 0 Å². The van der Waals surface area contributed by atoms with E-state index in [-0.39, 0.29) is 25.0 Å². The van der Waals surface area contributed by atoms with Crippen LogP contribution in [-0.4, -0.2) is 33.6 Å². The van der Waals surface area contributed by atoms with Gasteiger partial charge in [0.05, 0.1) is 24.6 Å². The number of aliphatic hydroxyl groups is 2. The van der Waals surface area contributed by atoms with E-state index in [1.807, 2.05) is 60.7 Å². The van der Waals surface area contributed by atoms with Gasteiger partial charge in [0.25, 0.3) is 0 Å². The van der Waals surface area contributed by atoms with Gasteiger partial charge in [-0.1, -0.05) is 60.7 Å². The summed E-state index contributed by atoms with van der Waals surface area (Å²) >= 11 is 0. The van der Waals surface area contributed by atoms with Gasteiger partial charge in [0, 0.05) is 23.0 Å². The van der Waals surface area contributed by atoms with Crippen LogP contribution in [0.5, 0.6) is 0 Å². The molecule has 0 radical (unpaired) electrons. The lowest BCUT2D eigenvalue weighted by Crippen LogP contribution is -2.06. The Bertz CT molecular complexity index is 793. The summed E-state index contributed by atoms with van der Waals surface area (Å²) in [5.41, 5.74) is 5.66. The Kier molecular flexibility index (Phi) is 4.30. The molecule has 1 aromatic heterocycles. The third-order valence-electron chi connectivity index (χ3n) is 4.97. The molecule has 0 spiro atoms. The van der Waals surface area contributed by atoms with Gasteiger partial charge in [0.15, 0.2) is 0 Å². The first-order chi connectivity index (χ1) is 12.3. The predicted octanol–water partition coefficient (Wildman–Crippen LogP) is 3.37. The highest BCUT2D eigenvalue weighted by Gasteiger charge is 2.36. The molecular weight excluding hydrogens is 312 g/mol. The zero-order valence-corrected chi connectivity index (χ0v) is 13.8.